The van der Waals surface area contributed by atoms with Crippen molar-refractivity contribution >= 4 is 11.7 Å². The minimum Gasteiger partial charge on any atom is -0.395 e. The number of urea groups is 1. The largest absolute Gasteiger partial charge is 0.395 e. The van der Waals surface area contributed by atoms with Crippen molar-refractivity contribution < 1.29 is 14.4 Å². The summed E-state index contributed by atoms with van der Waals surface area (Å²) in [6.45, 7) is 6.71. The third-order valence-electron chi connectivity index (χ3n) is 2.94. The van der Waals surface area contributed by atoms with Crippen LogP contribution in [0.25, 0.3) is 0 Å². The minimum atomic E-state index is -0.219. The third-order valence-corrected chi connectivity index (χ3v) is 2.94. The lowest BCUT2D eigenvalue weighted by molar-refractivity contribution is 0.187. The second-order valence-electron chi connectivity index (χ2n) is 4.41. The molecule has 108 valence electrons. The van der Waals surface area contributed by atoms with Crippen LogP contribution in [0.2, 0.25) is 0 Å². The Hall–Kier alpha value is -1.56. The second-order valence-corrected chi connectivity index (χ2v) is 4.41. The molecule has 6 heteroatoms. The minimum absolute atomic E-state index is 0.0413. The number of rotatable bonds is 7. The highest BCUT2D eigenvalue weighted by Gasteiger charge is 2.18. The Balaban J connectivity index is 2.71. The van der Waals surface area contributed by atoms with Gasteiger partial charge < -0.3 is 19.8 Å². The van der Waals surface area contributed by atoms with E-state index in [1.54, 1.807) is 11.8 Å². The van der Waals surface area contributed by atoms with Gasteiger partial charge in [-0.1, -0.05) is 25.4 Å². The molecule has 2 amide bonds. The van der Waals surface area contributed by atoms with Crippen LogP contribution in [-0.2, 0) is 6.42 Å². The van der Waals surface area contributed by atoms with Crippen molar-refractivity contribution in [1.82, 2.24) is 10.1 Å². The number of hydrogen-bond acceptors (Lipinski definition) is 4. The van der Waals surface area contributed by atoms with E-state index in [-0.39, 0.29) is 12.6 Å². The van der Waals surface area contributed by atoms with Gasteiger partial charge in [0.2, 0.25) is 0 Å². The zero-order valence-corrected chi connectivity index (χ0v) is 11.9. The molecule has 0 bridgehead atoms. The van der Waals surface area contributed by atoms with Crippen LogP contribution in [0.4, 0.5) is 10.5 Å². The van der Waals surface area contributed by atoms with E-state index in [4.69, 9.17) is 9.63 Å². The van der Waals surface area contributed by atoms with Crippen LogP contribution < -0.4 is 5.32 Å². The highest BCUT2D eigenvalue weighted by atomic mass is 16.5. The molecule has 1 aromatic heterocycles. The number of nitrogens with one attached hydrogen (secondary N) is 1. The van der Waals surface area contributed by atoms with Gasteiger partial charge >= 0.3 is 6.03 Å². The lowest BCUT2D eigenvalue weighted by atomic mass is 10.2. The highest BCUT2D eigenvalue weighted by Crippen LogP contribution is 2.20. The first-order chi connectivity index (χ1) is 9.13. The van der Waals surface area contributed by atoms with E-state index in [0.717, 1.165) is 18.5 Å². The zero-order valence-electron chi connectivity index (χ0n) is 11.9. The Morgan fingerprint density at radius 3 is 2.74 bits per heavy atom. The number of aromatic nitrogens is 1. The highest BCUT2D eigenvalue weighted by molar-refractivity contribution is 5.90. The van der Waals surface area contributed by atoms with Gasteiger partial charge in [0.25, 0.3) is 0 Å². The van der Waals surface area contributed by atoms with Gasteiger partial charge in [0.1, 0.15) is 11.4 Å². The van der Waals surface area contributed by atoms with E-state index in [1.165, 1.54) is 0 Å². The number of aliphatic hydroxyl groups excluding tert-OH is 1. The topological polar surface area (TPSA) is 78.6 Å². The van der Waals surface area contributed by atoms with Crippen molar-refractivity contribution in [3.63, 3.8) is 0 Å². The quantitative estimate of drug-likeness (QED) is 0.795. The predicted molar refractivity (Wildman–Crippen MR) is 73.2 cm³/mol. The molecular weight excluding hydrogens is 246 g/mol. The van der Waals surface area contributed by atoms with Crippen molar-refractivity contribution in [2.45, 2.75) is 40.0 Å². The van der Waals surface area contributed by atoms with Gasteiger partial charge in [-0.2, -0.15) is 0 Å². The predicted octanol–water partition coefficient (Wildman–Crippen LogP) is 2.17. The molecule has 19 heavy (non-hydrogen) atoms. The molecule has 0 saturated carbocycles. The molecule has 1 heterocycles. The Morgan fingerprint density at radius 1 is 1.42 bits per heavy atom. The first-order valence-electron chi connectivity index (χ1n) is 6.75. The Morgan fingerprint density at radius 2 is 2.16 bits per heavy atom. The van der Waals surface area contributed by atoms with Crippen LogP contribution in [0.1, 0.15) is 38.1 Å². The molecule has 0 spiro atoms. The second kappa shape index (κ2) is 7.78. The summed E-state index contributed by atoms with van der Waals surface area (Å²) >= 11 is 0. The van der Waals surface area contributed by atoms with E-state index in [9.17, 15) is 4.79 Å². The summed E-state index contributed by atoms with van der Waals surface area (Å²) in [5, 5.41) is 15.7. The van der Waals surface area contributed by atoms with Gasteiger partial charge in [-0.3, -0.25) is 0 Å². The van der Waals surface area contributed by atoms with Gasteiger partial charge in [-0.05, 0) is 19.8 Å². The summed E-state index contributed by atoms with van der Waals surface area (Å²) in [5.74, 6) is 0.602. The van der Waals surface area contributed by atoms with Crippen molar-refractivity contribution in [2.75, 3.05) is 25.0 Å². The summed E-state index contributed by atoms with van der Waals surface area (Å²) in [4.78, 5) is 13.8. The number of carbonyl (C=O) groups is 1. The van der Waals surface area contributed by atoms with E-state index in [0.29, 0.717) is 31.0 Å². The fourth-order valence-electron chi connectivity index (χ4n) is 1.79. The Bertz CT molecular complexity index is 404. The van der Waals surface area contributed by atoms with E-state index < -0.39 is 0 Å². The van der Waals surface area contributed by atoms with Gasteiger partial charge in [-0.25, -0.2) is 4.79 Å². The Labute approximate surface area is 113 Å². The molecule has 2 N–H and O–H groups in total. The van der Waals surface area contributed by atoms with Crippen molar-refractivity contribution in [3.8, 4) is 0 Å². The number of amides is 2. The molecule has 1 rings (SSSR count). The van der Waals surface area contributed by atoms with Gasteiger partial charge in [0.05, 0.1) is 6.61 Å². The lowest BCUT2D eigenvalue weighted by Gasteiger charge is -2.21. The average Bonchev–Trinajstić information content (AvgIpc) is 2.75. The van der Waals surface area contributed by atoms with Gasteiger partial charge in [-0.15, -0.1) is 0 Å². The first kappa shape index (κ1) is 15.5. The maximum Gasteiger partial charge on any atom is 0.322 e. The third kappa shape index (κ3) is 4.24. The summed E-state index contributed by atoms with van der Waals surface area (Å²) in [6.07, 6.45) is 2.61. The SMILES string of the molecule is CCCCN(CCO)C(=O)Nc1c(CC)noc1C. The van der Waals surface area contributed by atoms with Crippen molar-refractivity contribution in [1.29, 1.82) is 0 Å². The summed E-state index contributed by atoms with van der Waals surface area (Å²) < 4.78 is 5.08. The maximum absolute atomic E-state index is 12.2. The molecule has 0 atom stereocenters. The molecule has 0 unspecified atom stereocenters. The zero-order chi connectivity index (χ0) is 14.3. The fraction of sp³-hybridized carbons (Fsp3) is 0.692. The molecule has 0 aliphatic carbocycles. The van der Waals surface area contributed by atoms with Gasteiger partial charge in [0, 0.05) is 13.1 Å². The molecular formula is C13H23N3O3. The molecule has 6 nitrogen and oxygen atoms in total. The standard InChI is InChI=1S/C13H23N3O3/c1-4-6-7-16(8-9-17)13(18)14-12-10(3)19-15-11(12)5-2/h17H,4-9H2,1-3H3,(H,14,18). The lowest BCUT2D eigenvalue weighted by Crippen LogP contribution is -2.38. The molecule has 0 radical (unpaired) electrons. The number of nitrogens with zero attached hydrogens (tertiary/aromatic N) is 2. The van der Waals surface area contributed by atoms with E-state index in [2.05, 4.69) is 17.4 Å². The van der Waals surface area contributed by atoms with Crippen molar-refractivity contribution in [3.05, 3.63) is 11.5 Å². The summed E-state index contributed by atoms with van der Waals surface area (Å²) in [6, 6.07) is -0.219. The van der Waals surface area contributed by atoms with E-state index in [1.807, 2.05) is 6.92 Å². The number of unbranched alkanes of at least 4 members (excludes halogenated alkanes) is 1. The van der Waals surface area contributed by atoms with Crippen LogP contribution >= 0.6 is 0 Å². The molecule has 0 aliphatic rings. The van der Waals surface area contributed by atoms with E-state index >= 15 is 0 Å². The molecule has 0 saturated heterocycles. The molecule has 0 aliphatic heterocycles. The first-order valence-corrected chi connectivity index (χ1v) is 6.75. The van der Waals surface area contributed by atoms with Crippen LogP contribution in [0.5, 0.6) is 0 Å². The normalized spacial score (nSPS) is 10.5. The van der Waals surface area contributed by atoms with Crippen LogP contribution in [0.15, 0.2) is 4.52 Å². The fourth-order valence-corrected chi connectivity index (χ4v) is 1.79. The van der Waals surface area contributed by atoms with Crippen LogP contribution in [0, 0.1) is 6.92 Å². The number of carbonyl (C=O) groups excluding carboxylic acids is 1. The van der Waals surface area contributed by atoms with Gasteiger partial charge in [0.15, 0.2) is 5.76 Å². The molecule has 1 aromatic rings. The summed E-state index contributed by atoms with van der Waals surface area (Å²) in [5.41, 5.74) is 1.39. The smallest absolute Gasteiger partial charge is 0.322 e. The monoisotopic (exact) mass is 269 g/mol. The van der Waals surface area contributed by atoms with Crippen LogP contribution in [0.3, 0.4) is 0 Å². The van der Waals surface area contributed by atoms with Crippen molar-refractivity contribution in [2.24, 2.45) is 0 Å². The van der Waals surface area contributed by atoms with Crippen LogP contribution in [-0.4, -0.2) is 40.9 Å². The number of aryl methyl sites for hydroxylation is 2. The molecule has 0 fully saturated rings. The summed E-state index contributed by atoms with van der Waals surface area (Å²) in [7, 11) is 0. The number of aliphatic hydroxyl groups is 1. The molecule has 0 aromatic carbocycles. The maximum atomic E-state index is 12.2. The number of hydrogen-bond donors (Lipinski definition) is 2. The Kier molecular flexibility index (Phi) is 6.35. The average molecular weight is 269 g/mol. The number of anilines is 1.